The third-order valence-corrected chi connectivity index (χ3v) is 3.59. The van der Waals surface area contributed by atoms with E-state index < -0.39 is 23.4 Å². The van der Waals surface area contributed by atoms with Gasteiger partial charge >= 0.3 is 6.03 Å². The Bertz CT molecular complexity index is 540. The number of nitrogens with one attached hydrogen (secondary N) is 1. The second kappa shape index (κ2) is 7.40. The molecule has 1 aliphatic rings. The molecule has 1 aliphatic heterocycles. The van der Waals surface area contributed by atoms with Gasteiger partial charge in [0.25, 0.3) is 0 Å². The Kier molecular flexibility index (Phi) is 5.54. The first-order chi connectivity index (χ1) is 10.5. The van der Waals surface area contributed by atoms with E-state index in [0.29, 0.717) is 13.1 Å². The molecule has 1 aromatic carbocycles. The zero-order valence-electron chi connectivity index (χ0n) is 12.9. The van der Waals surface area contributed by atoms with Crippen molar-refractivity contribution in [1.82, 2.24) is 9.80 Å². The van der Waals surface area contributed by atoms with Crippen LogP contribution in [0.2, 0.25) is 0 Å². The molecular formula is C15H21F2N3O2. The number of ether oxygens (including phenoxy) is 1. The molecule has 0 saturated carbocycles. The standard InChI is InChI=1S/C15H21F2N3O2/c1-3-22-12-6-5-11(16)14(13(12)17)18-15(21)20-8-4-7-19(2)9-10-20/h5-6H,3-4,7-10H2,1-2H3,(H,18,21). The predicted octanol–water partition coefficient (Wildman–Crippen LogP) is 2.53. The summed E-state index contributed by atoms with van der Waals surface area (Å²) in [5, 5.41) is 2.33. The van der Waals surface area contributed by atoms with Crippen LogP contribution in [0.15, 0.2) is 12.1 Å². The van der Waals surface area contributed by atoms with Gasteiger partial charge in [0.15, 0.2) is 11.6 Å². The second-order valence-corrected chi connectivity index (χ2v) is 5.24. The molecule has 0 bridgehead atoms. The average Bonchev–Trinajstić information content (AvgIpc) is 2.71. The predicted molar refractivity (Wildman–Crippen MR) is 80.2 cm³/mol. The molecule has 0 aliphatic carbocycles. The minimum absolute atomic E-state index is 0.0743. The first-order valence-electron chi connectivity index (χ1n) is 7.38. The largest absolute Gasteiger partial charge is 0.491 e. The Morgan fingerprint density at radius 1 is 1.27 bits per heavy atom. The van der Waals surface area contributed by atoms with Crippen molar-refractivity contribution in [3.05, 3.63) is 23.8 Å². The van der Waals surface area contributed by atoms with Crippen LogP contribution in [0, 0.1) is 11.6 Å². The van der Waals surface area contributed by atoms with Gasteiger partial charge in [0.1, 0.15) is 11.5 Å². The van der Waals surface area contributed by atoms with E-state index in [1.54, 1.807) is 11.8 Å². The number of urea groups is 1. The smallest absolute Gasteiger partial charge is 0.322 e. The van der Waals surface area contributed by atoms with Gasteiger partial charge in [-0.2, -0.15) is 0 Å². The number of likely N-dealkylation sites (N-methyl/N-ethyl adjacent to an activating group) is 1. The summed E-state index contributed by atoms with van der Waals surface area (Å²) < 4.78 is 33.1. The molecular weight excluding hydrogens is 292 g/mol. The van der Waals surface area contributed by atoms with Gasteiger partial charge in [0.05, 0.1) is 6.61 Å². The number of nitrogens with zero attached hydrogens (tertiary/aromatic N) is 2. The van der Waals surface area contributed by atoms with E-state index in [4.69, 9.17) is 4.74 Å². The van der Waals surface area contributed by atoms with Gasteiger partial charge in [0.2, 0.25) is 0 Å². The van der Waals surface area contributed by atoms with Crippen molar-refractivity contribution < 1.29 is 18.3 Å². The fourth-order valence-corrected chi connectivity index (χ4v) is 2.35. The van der Waals surface area contributed by atoms with E-state index in [2.05, 4.69) is 10.2 Å². The summed E-state index contributed by atoms with van der Waals surface area (Å²) in [7, 11) is 1.98. The van der Waals surface area contributed by atoms with Crippen molar-refractivity contribution in [1.29, 1.82) is 0 Å². The molecule has 122 valence electrons. The Labute approximate surface area is 128 Å². The lowest BCUT2D eigenvalue weighted by Gasteiger charge is -2.21. The lowest BCUT2D eigenvalue weighted by molar-refractivity contribution is 0.213. The van der Waals surface area contributed by atoms with Gasteiger partial charge in [-0.25, -0.2) is 13.6 Å². The maximum absolute atomic E-state index is 14.2. The minimum atomic E-state index is -0.887. The van der Waals surface area contributed by atoms with Crippen molar-refractivity contribution in [2.45, 2.75) is 13.3 Å². The molecule has 2 rings (SSSR count). The van der Waals surface area contributed by atoms with Gasteiger partial charge in [0, 0.05) is 19.6 Å². The quantitative estimate of drug-likeness (QED) is 0.933. The zero-order valence-corrected chi connectivity index (χ0v) is 12.9. The Morgan fingerprint density at radius 3 is 2.77 bits per heavy atom. The highest BCUT2D eigenvalue weighted by atomic mass is 19.1. The maximum Gasteiger partial charge on any atom is 0.322 e. The van der Waals surface area contributed by atoms with E-state index in [1.807, 2.05) is 7.05 Å². The van der Waals surface area contributed by atoms with Crippen LogP contribution in [0.1, 0.15) is 13.3 Å². The molecule has 1 heterocycles. The lowest BCUT2D eigenvalue weighted by atomic mass is 10.2. The molecule has 0 unspecified atom stereocenters. The molecule has 1 N–H and O–H groups in total. The summed E-state index contributed by atoms with van der Waals surface area (Å²) in [6.07, 6.45) is 0.827. The van der Waals surface area contributed by atoms with E-state index >= 15 is 0 Å². The third kappa shape index (κ3) is 3.85. The average molecular weight is 313 g/mol. The van der Waals surface area contributed by atoms with Crippen molar-refractivity contribution in [3.63, 3.8) is 0 Å². The summed E-state index contributed by atoms with van der Waals surface area (Å²) in [6.45, 7) is 4.67. The number of benzene rings is 1. The van der Waals surface area contributed by atoms with Crippen LogP contribution in [0.5, 0.6) is 5.75 Å². The van der Waals surface area contributed by atoms with Gasteiger partial charge in [-0.05, 0) is 39.1 Å². The van der Waals surface area contributed by atoms with Gasteiger partial charge in [-0.1, -0.05) is 0 Å². The molecule has 22 heavy (non-hydrogen) atoms. The minimum Gasteiger partial charge on any atom is -0.491 e. The van der Waals surface area contributed by atoms with Crippen LogP contribution in [-0.4, -0.2) is 55.7 Å². The number of amides is 2. The van der Waals surface area contributed by atoms with Crippen LogP contribution in [0.25, 0.3) is 0 Å². The lowest BCUT2D eigenvalue weighted by Crippen LogP contribution is -2.38. The summed E-state index contributed by atoms with van der Waals surface area (Å²) >= 11 is 0. The number of anilines is 1. The van der Waals surface area contributed by atoms with Gasteiger partial charge in [-0.15, -0.1) is 0 Å². The normalized spacial score (nSPS) is 16.3. The van der Waals surface area contributed by atoms with Crippen LogP contribution in [0.4, 0.5) is 19.3 Å². The number of carbonyl (C=O) groups excluding carboxylic acids is 1. The summed E-state index contributed by atoms with van der Waals surface area (Å²) in [4.78, 5) is 15.9. The summed E-state index contributed by atoms with van der Waals surface area (Å²) in [6, 6.07) is 1.80. The molecule has 2 amide bonds. The topological polar surface area (TPSA) is 44.8 Å². The number of carbonyl (C=O) groups is 1. The molecule has 0 radical (unpaired) electrons. The number of halogens is 2. The highest BCUT2D eigenvalue weighted by molar-refractivity contribution is 5.90. The number of rotatable bonds is 3. The van der Waals surface area contributed by atoms with E-state index in [-0.39, 0.29) is 12.4 Å². The van der Waals surface area contributed by atoms with Crippen LogP contribution >= 0.6 is 0 Å². The Morgan fingerprint density at radius 2 is 2.05 bits per heavy atom. The number of hydrogen-bond donors (Lipinski definition) is 1. The molecule has 1 aromatic rings. The summed E-state index contributed by atoms with van der Waals surface area (Å²) in [5.41, 5.74) is -0.464. The van der Waals surface area contributed by atoms with E-state index in [1.165, 1.54) is 6.07 Å². The first kappa shape index (κ1) is 16.5. The van der Waals surface area contributed by atoms with Gasteiger partial charge in [-0.3, -0.25) is 0 Å². The summed E-state index contributed by atoms with van der Waals surface area (Å²) in [5.74, 6) is -1.78. The van der Waals surface area contributed by atoms with Crippen molar-refractivity contribution in [3.8, 4) is 5.75 Å². The zero-order chi connectivity index (χ0) is 16.1. The van der Waals surface area contributed by atoms with Crippen molar-refractivity contribution in [2.24, 2.45) is 0 Å². The molecule has 5 nitrogen and oxygen atoms in total. The van der Waals surface area contributed by atoms with Crippen molar-refractivity contribution >= 4 is 11.7 Å². The van der Waals surface area contributed by atoms with Crippen LogP contribution < -0.4 is 10.1 Å². The highest BCUT2D eigenvalue weighted by Gasteiger charge is 2.22. The molecule has 1 saturated heterocycles. The monoisotopic (exact) mass is 313 g/mol. The number of hydrogen-bond acceptors (Lipinski definition) is 3. The third-order valence-electron chi connectivity index (χ3n) is 3.59. The Hall–Kier alpha value is -1.89. The fourth-order valence-electron chi connectivity index (χ4n) is 2.35. The molecule has 0 aromatic heterocycles. The maximum atomic E-state index is 14.2. The van der Waals surface area contributed by atoms with Gasteiger partial charge < -0.3 is 19.9 Å². The molecule has 0 atom stereocenters. The highest BCUT2D eigenvalue weighted by Crippen LogP contribution is 2.27. The molecule has 1 fully saturated rings. The SMILES string of the molecule is CCOc1ccc(F)c(NC(=O)N2CCCN(C)CC2)c1F. The second-order valence-electron chi connectivity index (χ2n) is 5.24. The van der Waals surface area contributed by atoms with Crippen LogP contribution in [0.3, 0.4) is 0 Å². The first-order valence-corrected chi connectivity index (χ1v) is 7.38. The van der Waals surface area contributed by atoms with Crippen molar-refractivity contribution in [2.75, 3.05) is 45.2 Å². The van der Waals surface area contributed by atoms with Crippen LogP contribution in [-0.2, 0) is 0 Å². The molecule has 7 heteroatoms. The molecule has 0 spiro atoms. The Balaban J connectivity index is 2.12. The fraction of sp³-hybridized carbons (Fsp3) is 0.533. The van der Waals surface area contributed by atoms with E-state index in [0.717, 1.165) is 25.6 Å². The van der Waals surface area contributed by atoms with E-state index in [9.17, 15) is 13.6 Å².